The van der Waals surface area contributed by atoms with E-state index in [1.54, 1.807) is 18.5 Å². The molecule has 134 valence electrons. The van der Waals surface area contributed by atoms with Crippen molar-refractivity contribution >= 4 is 29.7 Å². The number of carbonyl (C=O) groups excluding carboxylic acids is 1. The highest BCUT2D eigenvalue weighted by molar-refractivity contribution is 6.65. The molecule has 1 fully saturated rings. The number of hydrogen-bond acceptors (Lipinski definition) is 5. The molecule has 0 unspecified atom stereocenters. The second-order valence-electron chi connectivity index (χ2n) is 8.39. The lowest BCUT2D eigenvalue weighted by Gasteiger charge is -2.32. The highest BCUT2D eigenvalue weighted by atomic mass is 16.7. The number of pyridine rings is 1. The maximum atomic E-state index is 12.6. The molecule has 0 amide bonds. The topological polar surface area (TPSA) is 62.6 Å². The van der Waals surface area contributed by atoms with E-state index in [-0.39, 0.29) is 0 Å². The number of ether oxygens (including phenoxy) is 1. The van der Waals surface area contributed by atoms with Crippen molar-refractivity contribution in [1.29, 1.82) is 0 Å². The van der Waals surface area contributed by atoms with Gasteiger partial charge in [-0.05, 0) is 60.6 Å². The van der Waals surface area contributed by atoms with Gasteiger partial charge in [-0.2, -0.15) is 0 Å². The first kappa shape index (κ1) is 18.0. The maximum absolute atomic E-state index is 12.6. The van der Waals surface area contributed by atoms with Crippen LogP contribution >= 0.6 is 0 Å². The van der Waals surface area contributed by atoms with Crippen molar-refractivity contribution in [2.24, 2.45) is 0 Å². The Morgan fingerprint density at radius 3 is 2.36 bits per heavy atom. The molecule has 0 atom stereocenters. The summed E-state index contributed by atoms with van der Waals surface area (Å²) in [6, 6.07) is 3.62. The Hall–Kier alpha value is -1.86. The number of aromatic nitrogens is 2. The largest absolute Gasteiger partial charge is 0.498 e. The van der Waals surface area contributed by atoms with Crippen LogP contribution in [0.1, 0.15) is 48.5 Å². The Kier molecular flexibility index (Phi) is 4.00. The molecule has 0 saturated carbocycles. The average Bonchev–Trinajstić information content (AvgIpc) is 2.92. The fraction of sp³-hybridized carbons (Fsp3) is 0.556. The second kappa shape index (κ2) is 5.57. The van der Waals surface area contributed by atoms with Gasteiger partial charge in [0, 0.05) is 17.9 Å². The van der Waals surface area contributed by atoms with Gasteiger partial charge in [0.25, 0.3) is 0 Å². The lowest BCUT2D eigenvalue weighted by atomic mass is 9.80. The van der Waals surface area contributed by atoms with E-state index in [4.69, 9.17) is 14.0 Å². The monoisotopic (exact) mass is 344 g/mol. The summed E-state index contributed by atoms with van der Waals surface area (Å²) in [7, 11) is -0.592. The van der Waals surface area contributed by atoms with E-state index < -0.39 is 30.0 Å². The molecule has 3 heterocycles. The van der Waals surface area contributed by atoms with Crippen molar-refractivity contribution in [3.05, 3.63) is 24.5 Å². The number of hydrogen-bond donors (Lipinski definition) is 0. The zero-order valence-corrected chi connectivity index (χ0v) is 15.9. The molecule has 3 rings (SSSR count). The van der Waals surface area contributed by atoms with Gasteiger partial charge in [-0.1, -0.05) is 0 Å². The molecule has 1 saturated heterocycles. The van der Waals surface area contributed by atoms with Gasteiger partial charge in [-0.15, -0.1) is 0 Å². The van der Waals surface area contributed by atoms with Gasteiger partial charge in [0.2, 0.25) is 0 Å². The zero-order chi connectivity index (χ0) is 18.6. The Balaban J connectivity index is 2.05. The van der Waals surface area contributed by atoms with Gasteiger partial charge in [-0.25, -0.2) is 4.79 Å². The molecular weight excluding hydrogens is 319 g/mol. The summed E-state index contributed by atoms with van der Waals surface area (Å²) in [6.45, 7) is 13.5. The molecule has 0 aromatic carbocycles. The van der Waals surface area contributed by atoms with Crippen LogP contribution in [-0.4, -0.2) is 39.6 Å². The summed E-state index contributed by atoms with van der Waals surface area (Å²) in [5, 5.41) is 0. The Morgan fingerprint density at radius 2 is 1.80 bits per heavy atom. The number of nitrogens with zero attached hydrogens (tertiary/aromatic N) is 2. The third-order valence-electron chi connectivity index (χ3n) is 4.68. The van der Waals surface area contributed by atoms with Crippen LogP contribution in [0.25, 0.3) is 11.0 Å². The van der Waals surface area contributed by atoms with Crippen LogP contribution in [0, 0.1) is 0 Å². The highest BCUT2D eigenvalue weighted by Gasteiger charge is 2.52. The van der Waals surface area contributed by atoms with E-state index in [9.17, 15) is 4.79 Å². The summed E-state index contributed by atoms with van der Waals surface area (Å²) >= 11 is 0. The van der Waals surface area contributed by atoms with Crippen LogP contribution in [0.4, 0.5) is 4.79 Å². The van der Waals surface area contributed by atoms with Crippen LogP contribution in [-0.2, 0) is 14.0 Å². The maximum Gasteiger partial charge on any atom is 0.498 e. The Morgan fingerprint density at radius 1 is 1.20 bits per heavy atom. The lowest BCUT2D eigenvalue weighted by Crippen LogP contribution is -2.41. The summed E-state index contributed by atoms with van der Waals surface area (Å²) in [5.41, 5.74) is 0.549. The van der Waals surface area contributed by atoms with Crippen molar-refractivity contribution in [2.75, 3.05) is 0 Å². The fourth-order valence-electron chi connectivity index (χ4n) is 2.69. The van der Waals surface area contributed by atoms with Crippen LogP contribution < -0.4 is 5.46 Å². The first-order chi connectivity index (χ1) is 11.4. The summed E-state index contributed by atoms with van der Waals surface area (Å²) < 4.78 is 19.2. The Bertz CT molecular complexity index is 804. The first-order valence-corrected chi connectivity index (χ1v) is 8.46. The minimum atomic E-state index is -0.592. The molecule has 2 aromatic rings. The van der Waals surface area contributed by atoms with E-state index in [1.807, 2.05) is 54.5 Å². The van der Waals surface area contributed by atoms with E-state index in [1.165, 1.54) is 4.57 Å². The molecule has 0 radical (unpaired) electrons. The van der Waals surface area contributed by atoms with Crippen molar-refractivity contribution in [1.82, 2.24) is 9.55 Å². The average molecular weight is 344 g/mol. The van der Waals surface area contributed by atoms with Crippen molar-refractivity contribution in [3.63, 3.8) is 0 Å². The number of fused-ring (bicyclic) bond motifs is 1. The molecule has 25 heavy (non-hydrogen) atoms. The van der Waals surface area contributed by atoms with Crippen LogP contribution in [0.15, 0.2) is 24.5 Å². The summed E-state index contributed by atoms with van der Waals surface area (Å²) in [4.78, 5) is 17.0. The van der Waals surface area contributed by atoms with E-state index in [0.717, 1.165) is 5.46 Å². The van der Waals surface area contributed by atoms with Gasteiger partial charge < -0.3 is 14.0 Å². The highest BCUT2D eigenvalue weighted by Crippen LogP contribution is 2.37. The van der Waals surface area contributed by atoms with Gasteiger partial charge in [0.15, 0.2) is 0 Å². The zero-order valence-electron chi connectivity index (χ0n) is 15.9. The first-order valence-electron chi connectivity index (χ1n) is 8.46. The molecule has 0 aliphatic carbocycles. The fourth-order valence-corrected chi connectivity index (χ4v) is 2.69. The standard InChI is InChI=1S/C18H25BN2O4/c1-16(2,3)23-15(22)21-11-12(14-13(21)9-8-10-20-14)19-24-17(4,5)18(6,7)25-19/h8-11H,1-7H3. The van der Waals surface area contributed by atoms with Gasteiger partial charge >= 0.3 is 13.2 Å². The number of rotatable bonds is 1. The van der Waals surface area contributed by atoms with Crippen LogP contribution in [0.2, 0.25) is 0 Å². The third-order valence-corrected chi connectivity index (χ3v) is 4.68. The smallest absolute Gasteiger partial charge is 0.443 e. The Labute approximate surface area is 148 Å². The van der Waals surface area contributed by atoms with Gasteiger partial charge in [0.1, 0.15) is 5.60 Å². The number of carbonyl (C=O) groups is 1. The molecule has 0 bridgehead atoms. The normalized spacial score (nSPS) is 19.4. The molecule has 1 aliphatic rings. The molecule has 0 spiro atoms. The predicted octanol–water partition coefficient (Wildman–Crippen LogP) is 3.12. The third kappa shape index (κ3) is 3.18. The SMILES string of the molecule is CC(C)(C)OC(=O)n1cc(B2OC(C)(C)C(C)(C)O2)c2ncccc21. The second-order valence-corrected chi connectivity index (χ2v) is 8.39. The molecule has 6 nitrogen and oxygen atoms in total. The lowest BCUT2D eigenvalue weighted by molar-refractivity contribution is 0.00578. The summed E-state index contributed by atoms with van der Waals surface area (Å²) in [5.74, 6) is 0. The quantitative estimate of drug-likeness (QED) is 0.744. The van der Waals surface area contributed by atoms with Crippen LogP contribution in [0.5, 0.6) is 0 Å². The molecule has 7 heteroatoms. The molecule has 2 aromatic heterocycles. The van der Waals surface area contributed by atoms with Crippen molar-refractivity contribution in [3.8, 4) is 0 Å². The van der Waals surface area contributed by atoms with E-state index >= 15 is 0 Å². The van der Waals surface area contributed by atoms with Gasteiger partial charge in [0.05, 0.1) is 22.2 Å². The minimum absolute atomic E-state index is 0.451. The predicted molar refractivity (Wildman–Crippen MR) is 97.1 cm³/mol. The van der Waals surface area contributed by atoms with E-state index in [2.05, 4.69) is 4.98 Å². The minimum Gasteiger partial charge on any atom is -0.443 e. The molecule has 1 aliphatic heterocycles. The van der Waals surface area contributed by atoms with Crippen LogP contribution in [0.3, 0.4) is 0 Å². The molecular formula is C18H25BN2O4. The molecule has 0 N–H and O–H groups in total. The van der Waals surface area contributed by atoms with Crippen molar-refractivity contribution < 1.29 is 18.8 Å². The van der Waals surface area contributed by atoms with Crippen molar-refractivity contribution in [2.45, 2.75) is 65.3 Å². The van der Waals surface area contributed by atoms with Gasteiger partial charge in [-0.3, -0.25) is 9.55 Å². The van der Waals surface area contributed by atoms with E-state index in [0.29, 0.717) is 11.0 Å². The summed E-state index contributed by atoms with van der Waals surface area (Å²) in [6.07, 6.45) is 2.94.